The highest BCUT2D eigenvalue weighted by Gasteiger charge is 2.22. The zero-order chi connectivity index (χ0) is 28.9. The van der Waals surface area contributed by atoms with Crippen molar-refractivity contribution in [2.45, 2.75) is 52.4 Å². The van der Waals surface area contributed by atoms with E-state index in [4.69, 9.17) is 10.2 Å². The van der Waals surface area contributed by atoms with Gasteiger partial charge in [0.25, 0.3) is 0 Å². The van der Waals surface area contributed by atoms with Crippen LogP contribution >= 0.6 is 0 Å². The fourth-order valence-electron chi connectivity index (χ4n) is 5.37. The van der Waals surface area contributed by atoms with Crippen LogP contribution in [0.1, 0.15) is 46.1 Å². The fraction of sp³-hybridized carbons (Fsp3) is 0.406. The summed E-state index contributed by atoms with van der Waals surface area (Å²) >= 11 is 0. The molecule has 0 saturated heterocycles. The Hall–Kier alpha value is -3.20. The van der Waals surface area contributed by atoms with Crippen LogP contribution in [0.15, 0.2) is 63.9 Å². The smallest absolute Gasteiger partial charge is 0.240 e. The molecule has 0 bridgehead atoms. The molecule has 0 saturated carbocycles. The predicted octanol–water partition coefficient (Wildman–Crippen LogP) is 5.19. The summed E-state index contributed by atoms with van der Waals surface area (Å²) in [5, 5.41) is 2.11. The van der Waals surface area contributed by atoms with Crippen LogP contribution in [0.3, 0.4) is 0 Å². The third kappa shape index (κ3) is 6.09. The molecule has 7 nitrogen and oxygen atoms in total. The normalized spacial score (nSPS) is 11.8. The molecule has 0 aromatic heterocycles. The van der Waals surface area contributed by atoms with E-state index in [2.05, 4.69) is 78.3 Å². The number of anilines is 1. The molecule has 0 radical (unpaired) electrons. The number of unbranched alkanes of at least 4 members (excludes halogenated alkanes) is 1. The molecule has 0 amide bonds. The van der Waals surface area contributed by atoms with Gasteiger partial charge in [-0.25, -0.2) is 17.7 Å². The first-order valence-corrected chi connectivity index (χ1v) is 15.9. The van der Waals surface area contributed by atoms with Gasteiger partial charge >= 0.3 is 0 Å². The molecule has 1 aliphatic heterocycles. The Balaban J connectivity index is 1.93. The number of nitrogens with zero attached hydrogens (tertiary/aromatic N) is 2. The topological polar surface area (TPSA) is 91.6 Å². The van der Waals surface area contributed by atoms with Gasteiger partial charge in [-0.1, -0.05) is 6.07 Å². The minimum Gasteiger partial charge on any atom is -0.456 e. The number of nitrogens with two attached hydrogens (primary N) is 1. The van der Waals surface area contributed by atoms with Crippen LogP contribution in [0.2, 0.25) is 0 Å². The molecule has 0 spiro atoms. The van der Waals surface area contributed by atoms with Gasteiger partial charge in [0.1, 0.15) is 24.4 Å². The van der Waals surface area contributed by atoms with Crippen molar-refractivity contribution < 1.29 is 12.8 Å². The maximum absolute atomic E-state index is 13.0. The van der Waals surface area contributed by atoms with E-state index in [1.807, 2.05) is 13.0 Å². The molecule has 1 heterocycles. The van der Waals surface area contributed by atoms with Crippen molar-refractivity contribution in [1.29, 1.82) is 0 Å². The van der Waals surface area contributed by atoms with Gasteiger partial charge in [-0.15, -0.1) is 0 Å². The minimum absolute atomic E-state index is 0.267. The van der Waals surface area contributed by atoms with Crippen molar-refractivity contribution in [2.75, 3.05) is 44.2 Å². The molecular weight excluding hydrogens is 520 g/mol. The molecule has 2 aromatic rings. The van der Waals surface area contributed by atoms with E-state index in [0.29, 0.717) is 19.5 Å². The van der Waals surface area contributed by atoms with E-state index < -0.39 is 10.0 Å². The molecule has 2 aromatic carbocycles. The molecule has 0 fully saturated rings. The van der Waals surface area contributed by atoms with Gasteiger partial charge in [0.2, 0.25) is 15.4 Å². The van der Waals surface area contributed by atoms with Gasteiger partial charge < -0.3 is 15.1 Å². The van der Waals surface area contributed by atoms with Crippen molar-refractivity contribution in [3.05, 3.63) is 65.5 Å². The first-order chi connectivity index (χ1) is 19.3. The van der Waals surface area contributed by atoms with E-state index in [0.717, 1.165) is 82.6 Å². The van der Waals surface area contributed by atoms with E-state index >= 15 is 0 Å². The lowest BCUT2D eigenvalue weighted by Gasteiger charge is -2.22. The number of benzene rings is 3. The Kier molecular flexibility index (Phi) is 9.66. The Bertz CT molecular complexity index is 1620. The fourth-order valence-corrected chi connectivity index (χ4v) is 6.53. The summed E-state index contributed by atoms with van der Waals surface area (Å²) in [5.74, 6) is 0.807. The molecule has 3 N–H and O–H groups in total. The summed E-state index contributed by atoms with van der Waals surface area (Å²) in [4.78, 5) is 2.57. The minimum atomic E-state index is -3.61. The summed E-state index contributed by atoms with van der Waals surface area (Å²) in [5.41, 5.74) is 11.4. The van der Waals surface area contributed by atoms with Crippen LogP contribution < -0.4 is 25.3 Å². The molecule has 2 aliphatic rings. The Morgan fingerprint density at radius 1 is 0.900 bits per heavy atom. The average Bonchev–Trinajstić information content (AvgIpc) is 2.95. The third-order valence-electron chi connectivity index (χ3n) is 7.65. The van der Waals surface area contributed by atoms with Crippen LogP contribution in [-0.4, -0.2) is 47.7 Å². The summed E-state index contributed by atoms with van der Waals surface area (Å²) in [6, 6.07) is 18.2. The molecular formula is C32H43N4O3S+. The standard InChI is InChI=1S/C32H43N4O3S/c1-6-35(7-2)24-12-15-28-30(21-24)39-31-22-25(36(8-3)9-4)13-16-29(31)32(28)27-17-14-26(20-23(27)5)40(37,38)34-19-11-10-18-33/h12-17,20-22,34H,6-11,18-19,33H2,1-5H3/q+1. The largest absolute Gasteiger partial charge is 0.456 e. The number of rotatable bonds is 12. The second-order valence-electron chi connectivity index (χ2n) is 10.1. The molecule has 40 heavy (non-hydrogen) atoms. The van der Waals surface area contributed by atoms with E-state index in [9.17, 15) is 8.42 Å². The highest BCUT2D eigenvalue weighted by atomic mass is 32.2. The quantitative estimate of drug-likeness (QED) is 0.141. The maximum Gasteiger partial charge on any atom is 0.240 e. The van der Waals surface area contributed by atoms with Crippen molar-refractivity contribution in [1.82, 2.24) is 9.30 Å². The van der Waals surface area contributed by atoms with Gasteiger partial charge in [0.15, 0.2) is 0 Å². The van der Waals surface area contributed by atoms with Gasteiger partial charge in [-0.2, -0.15) is 0 Å². The third-order valence-corrected chi connectivity index (χ3v) is 9.11. The molecule has 4 rings (SSSR count). The molecule has 8 heteroatoms. The maximum atomic E-state index is 13.0. The number of aryl methyl sites for hydroxylation is 1. The zero-order valence-electron chi connectivity index (χ0n) is 24.5. The lowest BCUT2D eigenvalue weighted by molar-refractivity contribution is 0.577. The summed E-state index contributed by atoms with van der Waals surface area (Å²) in [6.45, 7) is 15.1. The molecule has 0 atom stereocenters. The number of fused-ring (bicyclic) bond motifs is 2. The SMILES string of the molecule is CCN(CC)c1ccc2c(-c3ccc(S(=O)(=O)NCCCCN)cc3C)c3ccc(=[N+](CC)CC)cc-3oc2c1. The Morgan fingerprint density at radius 3 is 2.27 bits per heavy atom. The first-order valence-electron chi connectivity index (χ1n) is 14.4. The Labute approximate surface area is 238 Å². The second kappa shape index (κ2) is 13.0. The van der Waals surface area contributed by atoms with Gasteiger partial charge in [0.05, 0.1) is 11.0 Å². The van der Waals surface area contributed by atoms with Crippen LogP contribution in [0.4, 0.5) is 5.69 Å². The molecule has 0 unspecified atom stereocenters. The van der Waals surface area contributed by atoms with Crippen LogP contribution in [0, 0.1) is 6.92 Å². The lowest BCUT2D eigenvalue weighted by atomic mass is 9.91. The molecule has 1 aliphatic carbocycles. The second-order valence-corrected chi connectivity index (χ2v) is 11.8. The van der Waals surface area contributed by atoms with Crippen LogP contribution in [0.25, 0.3) is 33.4 Å². The van der Waals surface area contributed by atoms with Crippen molar-refractivity contribution >= 4 is 26.7 Å². The number of nitrogens with one attached hydrogen (secondary N) is 1. The van der Waals surface area contributed by atoms with E-state index in [1.165, 1.54) is 0 Å². The van der Waals surface area contributed by atoms with Crippen molar-refractivity contribution in [2.24, 2.45) is 5.73 Å². The predicted molar refractivity (Wildman–Crippen MR) is 166 cm³/mol. The zero-order valence-corrected chi connectivity index (χ0v) is 25.3. The Morgan fingerprint density at radius 2 is 1.62 bits per heavy atom. The number of hydrogen-bond acceptors (Lipinski definition) is 5. The van der Waals surface area contributed by atoms with Crippen molar-refractivity contribution in [3.8, 4) is 22.5 Å². The first kappa shape index (κ1) is 29.8. The number of hydrogen-bond donors (Lipinski definition) is 2. The number of sulfonamides is 1. The van der Waals surface area contributed by atoms with Crippen molar-refractivity contribution in [3.63, 3.8) is 0 Å². The highest BCUT2D eigenvalue weighted by molar-refractivity contribution is 7.89. The summed E-state index contributed by atoms with van der Waals surface area (Å²) in [6.07, 6.45) is 1.49. The van der Waals surface area contributed by atoms with Gasteiger partial charge in [-0.05, 0) is 95.5 Å². The lowest BCUT2D eigenvalue weighted by Crippen LogP contribution is -2.29. The van der Waals surface area contributed by atoms with Gasteiger partial charge in [-0.3, -0.25) is 0 Å². The molecule has 214 valence electrons. The van der Waals surface area contributed by atoms with Gasteiger partial charge in [0, 0.05) is 54.0 Å². The van der Waals surface area contributed by atoms with E-state index in [-0.39, 0.29) is 4.90 Å². The summed E-state index contributed by atoms with van der Waals surface area (Å²) in [7, 11) is -3.61. The van der Waals surface area contributed by atoms with E-state index in [1.54, 1.807) is 12.1 Å². The average molecular weight is 564 g/mol. The highest BCUT2D eigenvalue weighted by Crippen LogP contribution is 2.42. The summed E-state index contributed by atoms with van der Waals surface area (Å²) < 4.78 is 37.5. The van der Waals surface area contributed by atoms with Crippen LogP contribution in [-0.2, 0) is 10.0 Å². The monoisotopic (exact) mass is 563 g/mol. The van der Waals surface area contributed by atoms with Crippen LogP contribution in [0.5, 0.6) is 0 Å².